The molecule has 0 bridgehead atoms. The number of ether oxygens (including phenoxy) is 1. The van der Waals surface area contributed by atoms with Crippen LogP contribution in [0.15, 0.2) is 30.6 Å². The number of rotatable bonds is 4. The SMILES string of the molecule is C[C@@H](Nc1ncc(C(=O)N2CCC3(CCOCC3)C2)cn1)c1cccc(F)c1F. The molecule has 1 N–H and O–H groups in total. The number of carbonyl (C=O) groups is 1. The van der Waals surface area contributed by atoms with E-state index in [1.165, 1.54) is 24.5 Å². The van der Waals surface area contributed by atoms with E-state index in [4.69, 9.17) is 4.74 Å². The molecule has 3 heterocycles. The number of carbonyl (C=O) groups excluding carboxylic acids is 1. The second kappa shape index (κ2) is 8.02. The van der Waals surface area contributed by atoms with E-state index in [-0.39, 0.29) is 22.8 Å². The van der Waals surface area contributed by atoms with Crippen LogP contribution in [-0.2, 0) is 4.74 Å². The van der Waals surface area contributed by atoms with Crippen molar-refractivity contribution in [2.75, 3.05) is 31.6 Å². The van der Waals surface area contributed by atoms with Gasteiger partial charge in [-0.2, -0.15) is 0 Å². The summed E-state index contributed by atoms with van der Waals surface area (Å²) in [6.07, 6.45) is 5.93. The van der Waals surface area contributed by atoms with Crippen LogP contribution in [0.3, 0.4) is 0 Å². The molecule has 0 radical (unpaired) electrons. The van der Waals surface area contributed by atoms with Crippen LogP contribution in [0.25, 0.3) is 0 Å². The standard InChI is InChI=1S/C21H24F2N4O2/c1-14(16-3-2-4-17(22)18(16)23)26-20-24-11-15(12-25-20)19(28)27-8-5-21(13-27)6-9-29-10-7-21/h2-4,11-12,14H,5-10,13H2,1H3,(H,24,25,26)/t14-/m1/s1. The third-order valence-corrected chi connectivity index (χ3v) is 5.97. The summed E-state index contributed by atoms with van der Waals surface area (Å²) in [6.45, 7) is 4.68. The summed E-state index contributed by atoms with van der Waals surface area (Å²) in [5, 5.41) is 2.94. The molecular weight excluding hydrogens is 378 g/mol. The molecule has 29 heavy (non-hydrogen) atoms. The Balaban J connectivity index is 1.40. The Bertz CT molecular complexity index is 885. The van der Waals surface area contributed by atoms with E-state index in [1.807, 2.05) is 4.90 Å². The van der Waals surface area contributed by atoms with Crippen molar-refractivity contribution in [1.29, 1.82) is 0 Å². The van der Waals surface area contributed by atoms with E-state index in [1.54, 1.807) is 6.92 Å². The number of anilines is 1. The number of hydrogen-bond donors (Lipinski definition) is 1. The van der Waals surface area contributed by atoms with Crippen LogP contribution in [-0.4, -0.2) is 47.1 Å². The van der Waals surface area contributed by atoms with Gasteiger partial charge in [-0.1, -0.05) is 12.1 Å². The molecule has 1 spiro atoms. The van der Waals surface area contributed by atoms with Gasteiger partial charge in [0.15, 0.2) is 11.6 Å². The molecule has 154 valence electrons. The Hall–Kier alpha value is -2.61. The van der Waals surface area contributed by atoms with Crippen LogP contribution in [0, 0.1) is 17.0 Å². The van der Waals surface area contributed by atoms with Crippen LogP contribution in [0.4, 0.5) is 14.7 Å². The molecule has 0 aliphatic carbocycles. The average molecular weight is 402 g/mol. The fourth-order valence-electron chi connectivity index (χ4n) is 4.14. The summed E-state index contributed by atoms with van der Waals surface area (Å²) in [6, 6.07) is 3.51. The van der Waals surface area contributed by atoms with Crippen molar-refractivity contribution >= 4 is 11.9 Å². The number of amides is 1. The fourth-order valence-corrected chi connectivity index (χ4v) is 4.14. The highest BCUT2D eigenvalue weighted by atomic mass is 19.2. The van der Waals surface area contributed by atoms with E-state index < -0.39 is 17.7 Å². The molecule has 0 saturated carbocycles. The van der Waals surface area contributed by atoms with Gasteiger partial charge in [0.25, 0.3) is 5.91 Å². The first-order valence-corrected chi connectivity index (χ1v) is 9.87. The van der Waals surface area contributed by atoms with Gasteiger partial charge in [0.1, 0.15) is 0 Å². The molecule has 2 aliphatic heterocycles. The summed E-state index contributed by atoms with van der Waals surface area (Å²) in [4.78, 5) is 23.0. The van der Waals surface area contributed by atoms with Gasteiger partial charge < -0.3 is 15.0 Å². The van der Waals surface area contributed by atoms with Crippen molar-refractivity contribution in [3.8, 4) is 0 Å². The highest BCUT2D eigenvalue weighted by Gasteiger charge is 2.41. The maximum absolute atomic E-state index is 13.9. The van der Waals surface area contributed by atoms with Crippen molar-refractivity contribution in [1.82, 2.24) is 14.9 Å². The lowest BCUT2D eigenvalue weighted by atomic mass is 9.80. The maximum atomic E-state index is 13.9. The Labute approximate surface area is 168 Å². The van der Waals surface area contributed by atoms with Gasteiger partial charge in [0.2, 0.25) is 5.95 Å². The molecule has 1 aromatic heterocycles. The van der Waals surface area contributed by atoms with Crippen LogP contribution >= 0.6 is 0 Å². The van der Waals surface area contributed by atoms with Gasteiger partial charge in [0, 0.05) is 44.3 Å². The molecule has 4 rings (SSSR count). The fraction of sp³-hybridized carbons (Fsp3) is 0.476. The summed E-state index contributed by atoms with van der Waals surface area (Å²) >= 11 is 0. The first kappa shape index (κ1) is 19.7. The topological polar surface area (TPSA) is 67.4 Å². The van der Waals surface area contributed by atoms with Crippen LogP contribution in [0.1, 0.15) is 48.1 Å². The van der Waals surface area contributed by atoms with E-state index in [9.17, 15) is 13.6 Å². The van der Waals surface area contributed by atoms with Gasteiger partial charge >= 0.3 is 0 Å². The minimum atomic E-state index is -0.897. The Kier molecular flexibility index (Phi) is 5.45. The maximum Gasteiger partial charge on any atom is 0.257 e. The number of likely N-dealkylation sites (tertiary alicyclic amines) is 1. The van der Waals surface area contributed by atoms with E-state index >= 15 is 0 Å². The number of aromatic nitrogens is 2. The van der Waals surface area contributed by atoms with Gasteiger partial charge in [-0.25, -0.2) is 18.7 Å². The molecule has 2 aliphatic rings. The highest BCUT2D eigenvalue weighted by Crippen LogP contribution is 2.40. The molecule has 8 heteroatoms. The average Bonchev–Trinajstić information content (AvgIpc) is 3.13. The first-order valence-electron chi connectivity index (χ1n) is 9.87. The summed E-state index contributed by atoms with van der Waals surface area (Å²) in [5.74, 6) is -1.62. The molecular formula is C21H24F2N4O2. The van der Waals surface area contributed by atoms with Gasteiger partial charge in [-0.15, -0.1) is 0 Å². The monoisotopic (exact) mass is 402 g/mol. The summed E-state index contributed by atoms with van der Waals surface area (Å²) in [5.41, 5.74) is 0.789. The number of halogens is 2. The molecule has 1 amide bonds. The lowest BCUT2D eigenvalue weighted by molar-refractivity contribution is 0.0191. The van der Waals surface area contributed by atoms with Crippen molar-refractivity contribution < 1.29 is 18.3 Å². The van der Waals surface area contributed by atoms with Gasteiger partial charge in [0.05, 0.1) is 11.6 Å². The Morgan fingerprint density at radius 1 is 1.21 bits per heavy atom. The Morgan fingerprint density at radius 3 is 2.66 bits per heavy atom. The van der Waals surface area contributed by atoms with E-state index in [0.29, 0.717) is 5.56 Å². The number of benzene rings is 1. The lowest BCUT2D eigenvalue weighted by Crippen LogP contribution is -2.35. The largest absolute Gasteiger partial charge is 0.381 e. The summed E-state index contributed by atoms with van der Waals surface area (Å²) < 4.78 is 32.8. The molecule has 1 atom stereocenters. The van der Waals surface area contributed by atoms with Crippen molar-refractivity contribution in [3.05, 3.63) is 53.4 Å². The number of nitrogens with zero attached hydrogens (tertiary/aromatic N) is 3. The second-order valence-electron chi connectivity index (χ2n) is 7.89. The molecule has 2 fully saturated rings. The molecule has 6 nitrogen and oxygen atoms in total. The van der Waals surface area contributed by atoms with Gasteiger partial charge in [-0.05, 0) is 37.7 Å². The van der Waals surface area contributed by atoms with E-state index in [0.717, 1.165) is 51.6 Å². The Morgan fingerprint density at radius 2 is 1.93 bits per heavy atom. The van der Waals surface area contributed by atoms with Crippen LogP contribution in [0.2, 0.25) is 0 Å². The second-order valence-corrected chi connectivity index (χ2v) is 7.89. The minimum absolute atomic E-state index is 0.0795. The number of hydrogen-bond acceptors (Lipinski definition) is 5. The van der Waals surface area contributed by atoms with Crippen molar-refractivity contribution in [3.63, 3.8) is 0 Å². The zero-order valence-corrected chi connectivity index (χ0v) is 16.3. The van der Waals surface area contributed by atoms with Crippen LogP contribution < -0.4 is 5.32 Å². The highest BCUT2D eigenvalue weighted by molar-refractivity contribution is 5.94. The predicted octanol–water partition coefficient (Wildman–Crippen LogP) is 3.57. The smallest absolute Gasteiger partial charge is 0.257 e. The number of nitrogens with one attached hydrogen (secondary N) is 1. The molecule has 2 aromatic rings. The zero-order chi connectivity index (χ0) is 20.4. The minimum Gasteiger partial charge on any atom is -0.381 e. The third kappa shape index (κ3) is 4.07. The quantitative estimate of drug-likeness (QED) is 0.847. The molecule has 1 aromatic carbocycles. The van der Waals surface area contributed by atoms with Crippen molar-refractivity contribution in [2.45, 2.75) is 32.2 Å². The van der Waals surface area contributed by atoms with E-state index in [2.05, 4.69) is 15.3 Å². The van der Waals surface area contributed by atoms with Gasteiger partial charge in [-0.3, -0.25) is 4.79 Å². The third-order valence-electron chi connectivity index (χ3n) is 5.97. The predicted molar refractivity (Wildman–Crippen MR) is 103 cm³/mol. The zero-order valence-electron chi connectivity index (χ0n) is 16.3. The normalized spacial score (nSPS) is 19.3. The lowest BCUT2D eigenvalue weighted by Gasteiger charge is -2.33. The summed E-state index contributed by atoms with van der Waals surface area (Å²) in [7, 11) is 0. The first-order chi connectivity index (χ1) is 14.0. The van der Waals surface area contributed by atoms with Crippen LogP contribution in [0.5, 0.6) is 0 Å². The van der Waals surface area contributed by atoms with Crippen molar-refractivity contribution in [2.24, 2.45) is 5.41 Å². The molecule has 2 saturated heterocycles. The molecule has 0 unspecified atom stereocenters.